The predicted octanol–water partition coefficient (Wildman–Crippen LogP) is 2.28. The molecule has 1 amide bonds. The Balaban J connectivity index is 1.80. The van der Waals surface area contributed by atoms with E-state index in [-0.39, 0.29) is 11.3 Å². The molecule has 1 aromatic heterocycles. The summed E-state index contributed by atoms with van der Waals surface area (Å²) < 4.78 is 9.38. The number of ether oxygens (including phenoxy) is 1. The third-order valence-electron chi connectivity index (χ3n) is 3.79. The molecule has 0 saturated carbocycles. The van der Waals surface area contributed by atoms with Crippen LogP contribution >= 0.6 is 11.5 Å². The molecule has 1 saturated heterocycles. The average Bonchev–Trinajstić information content (AvgIpc) is 2.94. The minimum atomic E-state index is -0.0203. The normalized spacial score (nSPS) is 16.8. The average molecular weight is 326 g/mol. The number of hydrogen-bond acceptors (Lipinski definition) is 6. The van der Waals surface area contributed by atoms with Crippen LogP contribution in [0.15, 0.2) is 0 Å². The summed E-state index contributed by atoms with van der Waals surface area (Å²) in [7, 11) is 1.62. The van der Waals surface area contributed by atoms with E-state index in [1.54, 1.807) is 7.11 Å². The van der Waals surface area contributed by atoms with E-state index in [0.717, 1.165) is 36.9 Å². The molecular weight excluding hydrogens is 300 g/mol. The van der Waals surface area contributed by atoms with Gasteiger partial charge >= 0.3 is 0 Å². The summed E-state index contributed by atoms with van der Waals surface area (Å²) in [5.41, 5.74) is -0.0203. The van der Waals surface area contributed by atoms with Gasteiger partial charge in [0.1, 0.15) is 5.82 Å². The first kappa shape index (κ1) is 17.1. The Kier molecular flexibility index (Phi) is 5.74. The predicted molar refractivity (Wildman–Crippen MR) is 88.3 cm³/mol. The van der Waals surface area contributed by atoms with Gasteiger partial charge in [-0.15, -0.1) is 0 Å². The number of amides is 1. The molecule has 22 heavy (non-hydrogen) atoms. The number of methoxy groups -OCH3 is 1. The molecule has 0 bridgehead atoms. The van der Waals surface area contributed by atoms with Crippen molar-refractivity contribution in [3.63, 3.8) is 0 Å². The maximum Gasteiger partial charge on any atom is 0.224 e. The minimum absolute atomic E-state index is 0.0203. The number of carbonyl (C=O) groups is 1. The molecule has 0 aliphatic carbocycles. The molecule has 1 aliphatic heterocycles. The van der Waals surface area contributed by atoms with E-state index in [0.29, 0.717) is 19.1 Å². The first-order valence-corrected chi connectivity index (χ1v) is 8.55. The van der Waals surface area contributed by atoms with E-state index in [9.17, 15) is 4.79 Å². The molecule has 0 spiro atoms. The maximum atomic E-state index is 11.9. The lowest BCUT2D eigenvalue weighted by Gasteiger charge is -2.32. The fraction of sp³-hybridized carbons (Fsp3) is 0.800. The second kappa shape index (κ2) is 7.37. The van der Waals surface area contributed by atoms with Crippen molar-refractivity contribution in [2.75, 3.05) is 32.1 Å². The zero-order valence-electron chi connectivity index (χ0n) is 13.9. The second-order valence-corrected chi connectivity index (χ2v) is 7.47. The van der Waals surface area contributed by atoms with Crippen LogP contribution in [0.25, 0.3) is 0 Å². The zero-order valence-corrected chi connectivity index (χ0v) is 14.7. The van der Waals surface area contributed by atoms with E-state index in [4.69, 9.17) is 4.74 Å². The van der Waals surface area contributed by atoms with Crippen LogP contribution in [-0.2, 0) is 14.9 Å². The molecule has 1 N–H and O–H groups in total. The van der Waals surface area contributed by atoms with Crippen molar-refractivity contribution in [1.29, 1.82) is 0 Å². The lowest BCUT2D eigenvalue weighted by molar-refractivity contribution is -0.133. The Morgan fingerprint density at radius 2 is 2.09 bits per heavy atom. The molecule has 0 aromatic carbocycles. The highest BCUT2D eigenvalue weighted by Gasteiger charge is 2.24. The summed E-state index contributed by atoms with van der Waals surface area (Å²) in [5, 5.41) is 4.34. The Bertz CT molecular complexity index is 490. The highest BCUT2D eigenvalue weighted by Crippen LogP contribution is 2.24. The molecule has 124 valence electrons. The van der Waals surface area contributed by atoms with Crippen LogP contribution in [-0.4, -0.2) is 53.0 Å². The second-order valence-electron chi connectivity index (χ2n) is 6.72. The van der Waals surface area contributed by atoms with Gasteiger partial charge in [0, 0.05) is 43.2 Å². The summed E-state index contributed by atoms with van der Waals surface area (Å²) in [6, 6.07) is 0.368. The highest BCUT2D eigenvalue weighted by molar-refractivity contribution is 7.09. The van der Waals surface area contributed by atoms with Gasteiger partial charge in [0.2, 0.25) is 11.0 Å². The van der Waals surface area contributed by atoms with Gasteiger partial charge in [0.05, 0.1) is 13.0 Å². The molecule has 2 rings (SSSR count). The van der Waals surface area contributed by atoms with Crippen LogP contribution in [0.1, 0.15) is 45.9 Å². The van der Waals surface area contributed by atoms with Crippen molar-refractivity contribution in [3.8, 4) is 0 Å². The minimum Gasteiger partial charge on any atom is -0.384 e. The number of anilines is 1. The Morgan fingerprint density at radius 1 is 1.41 bits per heavy atom. The topological polar surface area (TPSA) is 67.3 Å². The molecule has 0 unspecified atom stereocenters. The van der Waals surface area contributed by atoms with Gasteiger partial charge in [-0.25, -0.2) is 4.98 Å². The first-order chi connectivity index (χ1) is 10.4. The van der Waals surface area contributed by atoms with Gasteiger partial charge in [-0.1, -0.05) is 20.8 Å². The first-order valence-electron chi connectivity index (χ1n) is 7.77. The van der Waals surface area contributed by atoms with Crippen molar-refractivity contribution in [3.05, 3.63) is 5.82 Å². The van der Waals surface area contributed by atoms with E-state index in [2.05, 4.69) is 35.4 Å². The fourth-order valence-corrected chi connectivity index (χ4v) is 3.22. The Hall–Kier alpha value is -1.21. The van der Waals surface area contributed by atoms with E-state index in [1.165, 1.54) is 11.5 Å². The molecule has 0 atom stereocenters. The number of hydrogen-bond donors (Lipinski definition) is 1. The molecule has 6 nitrogen and oxygen atoms in total. The largest absolute Gasteiger partial charge is 0.384 e. The van der Waals surface area contributed by atoms with Crippen molar-refractivity contribution in [1.82, 2.24) is 14.3 Å². The van der Waals surface area contributed by atoms with Crippen LogP contribution < -0.4 is 5.32 Å². The van der Waals surface area contributed by atoms with Crippen molar-refractivity contribution in [2.45, 2.75) is 51.5 Å². The summed E-state index contributed by atoms with van der Waals surface area (Å²) in [4.78, 5) is 18.4. The van der Waals surface area contributed by atoms with Crippen molar-refractivity contribution >= 4 is 22.6 Å². The van der Waals surface area contributed by atoms with E-state index in [1.807, 2.05) is 4.90 Å². The standard InChI is InChI=1S/C15H26N4O2S/c1-15(2,3)13-17-14(22-18-13)16-11-5-8-19(9-6-11)12(20)7-10-21-4/h11H,5-10H2,1-4H3,(H,16,17,18). The van der Waals surface area contributed by atoms with Gasteiger partial charge in [0.15, 0.2) is 0 Å². The quantitative estimate of drug-likeness (QED) is 0.899. The van der Waals surface area contributed by atoms with Crippen molar-refractivity contribution < 1.29 is 9.53 Å². The molecule has 1 aliphatic rings. The molecule has 7 heteroatoms. The molecule has 0 radical (unpaired) electrons. The number of nitrogens with one attached hydrogen (secondary N) is 1. The lowest BCUT2D eigenvalue weighted by Crippen LogP contribution is -2.42. The zero-order chi connectivity index (χ0) is 16.2. The van der Waals surface area contributed by atoms with E-state index >= 15 is 0 Å². The smallest absolute Gasteiger partial charge is 0.224 e. The molecule has 1 fully saturated rings. The highest BCUT2D eigenvalue weighted by atomic mass is 32.1. The maximum absolute atomic E-state index is 11.9. The van der Waals surface area contributed by atoms with Crippen LogP contribution in [0.5, 0.6) is 0 Å². The van der Waals surface area contributed by atoms with Crippen LogP contribution in [0, 0.1) is 0 Å². The Morgan fingerprint density at radius 3 is 2.64 bits per heavy atom. The lowest BCUT2D eigenvalue weighted by atomic mass is 9.96. The molecule has 2 heterocycles. The summed E-state index contributed by atoms with van der Waals surface area (Å²) in [5.74, 6) is 1.07. The van der Waals surface area contributed by atoms with Gasteiger partial charge in [-0.3, -0.25) is 4.79 Å². The third-order valence-corrected chi connectivity index (χ3v) is 4.44. The number of aromatic nitrogens is 2. The van der Waals surface area contributed by atoms with Crippen molar-refractivity contribution in [2.24, 2.45) is 0 Å². The van der Waals surface area contributed by atoms with Gasteiger partial charge < -0.3 is 15.0 Å². The fourth-order valence-electron chi connectivity index (χ4n) is 2.38. The number of nitrogens with zero attached hydrogens (tertiary/aromatic N) is 3. The molecular formula is C15H26N4O2S. The van der Waals surface area contributed by atoms with Gasteiger partial charge in [-0.2, -0.15) is 4.37 Å². The van der Waals surface area contributed by atoms with Crippen LogP contribution in [0.2, 0.25) is 0 Å². The van der Waals surface area contributed by atoms with E-state index < -0.39 is 0 Å². The van der Waals surface area contributed by atoms with Crippen LogP contribution in [0.3, 0.4) is 0 Å². The SMILES string of the molecule is COCCC(=O)N1CCC(Nc2nc(C(C)(C)C)ns2)CC1. The third kappa shape index (κ3) is 4.64. The Labute approximate surface area is 136 Å². The monoisotopic (exact) mass is 326 g/mol. The molecule has 1 aromatic rings. The van der Waals surface area contributed by atoms with Gasteiger partial charge in [-0.05, 0) is 12.8 Å². The van der Waals surface area contributed by atoms with Crippen LogP contribution in [0.4, 0.5) is 5.13 Å². The number of piperidine rings is 1. The summed E-state index contributed by atoms with van der Waals surface area (Å²) >= 11 is 1.42. The number of carbonyl (C=O) groups excluding carboxylic acids is 1. The summed E-state index contributed by atoms with van der Waals surface area (Å²) in [6.45, 7) is 8.43. The number of rotatable bonds is 5. The van der Waals surface area contributed by atoms with Gasteiger partial charge in [0.25, 0.3) is 0 Å². The summed E-state index contributed by atoms with van der Waals surface area (Å²) in [6.07, 6.45) is 2.37. The number of likely N-dealkylation sites (tertiary alicyclic amines) is 1.